The van der Waals surface area contributed by atoms with Crippen LogP contribution in [0.15, 0.2) is 17.7 Å². The van der Waals surface area contributed by atoms with Crippen molar-refractivity contribution in [1.29, 1.82) is 0 Å². The van der Waals surface area contributed by atoms with Gasteiger partial charge in [0.1, 0.15) is 0 Å². The molecule has 0 spiro atoms. The van der Waals surface area contributed by atoms with E-state index in [9.17, 15) is 0 Å². The summed E-state index contributed by atoms with van der Waals surface area (Å²) in [5.41, 5.74) is 0.993. The standard InChI is InChI=1S/C10H15NOS/c1-8(7-12)6-9-4-5-10(13-9)11(2)3/h4-6,12H,7H2,1-3H3. The van der Waals surface area contributed by atoms with Crippen molar-refractivity contribution in [2.45, 2.75) is 6.92 Å². The summed E-state index contributed by atoms with van der Waals surface area (Å²) in [4.78, 5) is 3.27. The topological polar surface area (TPSA) is 23.5 Å². The summed E-state index contributed by atoms with van der Waals surface area (Å²) in [5.74, 6) is 0. The van der Waals surface area contributed by atoms with Gasteiger partial charge in [0, 0.05) is 19.0 Å². The molecular formula is C10H15NOS. The van der Waals surface area contributed by atoms with E-state index < -0.39 is 0 Å². The van der Waals surface area contributed by atoms with E-state index in [4.69, 9.17) is 5.11 Å². The molecule has 0 unspecified atom stereocenters. The van der Waals surface area contributed by atoms with E-state index >= 15 is 0 Å². The minimum absolute atomic E-state index is 0.134. The molecule has 3 heteroatoms. The van der Waals surface area contributed by atoms with Gasteiger partial charge in [-0.1, -0.05) is 0 Å². The Morgan fingerprint density at radius 3 is 2.69 bits per heavy atom. The number of nitrogens with zero attached hydrogens (tertiary/aromatic N) is 1. The smallest absolute Gasteiger partial charge is 0.0909 e. The van der Waals surface area contributed by atoms with E-state index in [0.29, 0.717) is 0 Å². The van der Waals surface area contributed by atoms with Gasteiger partial charge in [0.2, 0.25) is 0 Å². The minimum atomic E-state index is 0.134. The van der Waals surface area contributed by atoms with E-state index in [2.05, 4.69) is 17.0 Å². The summed E-state index contributed by atoms with van der Waals surface area (Å²) in [6, 6.07) is 4.15. The van der Waals surface area contributed by atoms with Crippen LogP contribution in [0.5, 0.6) is 0 Å². The van der Waals surface area contributed by atoms with Gasteiger partial charge in [-0.2, -0.15) is 0 Å². The average Bonchev–Trinajstić information content (AvgIpc) is 2.52. The Hall–Kier alpha value is -0.800. The first-order valence-corrected chi connectivity index (χ1v) is 5.00. The third-order valence-corrected chi connectivity index (χ3v) is 2.89. The van der Waals surface area contributed by atoms with Crippen molar-refractivity contribution in [3.8, 4) is 0 Å². The van der Waals surface area contributed by atoms with E-state index in [0.717, 1.165) is 5.57 Å². The van der Waals surface area contributed by atoms with Gasteiger partial charge in [-0.3, -0.25) is 0 Å². The average molecular weight is 197 g/mol. The lowest BCUT2D eigenvalue weighted by molar-refractivity contribution is 0.332. The zero-order valence-corrected chi connectivity index (χ0v) is 9.06. The Labute approximate surface area is 83.1 Å². The van der Waals surface area contributed by atoms with Crippen molar-refractivity contribution in [1.82, 2.24) is 0 Å². The highest BCUT2D eigenvalue weighted by Crippen LogP contribution is 2.25. The molecule has 0 aliphatic heterocycles. The van der Waals surface area contributed by atoms with Crippen molar-refractivity contribution in [3.63, 3.8) is 0 Å². The molecule has 72 valence electrons. The van der Waals surface area contributed by atoms with Gasteiger partial charge in [0.15, 0.2) is 0 Å². The number of aliphatic hydroxyl groups excluding tert-OH is 1. The second-order valence-corrected chi connectivity index (χ2v) is 4.31. The molecule has 0 radical (unpaired) electrons. The SMILES string of the molecule is CC(=Cc1ccc(N(C)C)s1)CO. The van der Waals surface area contributed by atoms with Gasteiger partial charge in [-0.25, -0.2) is 0 Å². The van der Waals surface area contributed by atoms with Crippen LogP contribution in [0.2, 0.25) is 0 Å². The van der Waals surface area contributed by atoms with E-state index in [1.54, 1.807) is 11.3 Å². The Kier molecular flexibility index (Phi) is 3.51. The summed E-state index contributed by atoms with van der Waals surface area (Å²) in [6.07, 6.45) is 2.01. The first-order chi connectivity index (χ1) is 6.13. The van der Waals surface area contributed by atoms with Crippen molar-refractivity contribution in [2.24, 2.45) is 0 Å². The fourth-order valence-electron chi connectivity index (χ4n) is 0.949. The lowest BCUT2D eigenvalue weighted by Gasteiger charge is -2.06. The summed E-state index contributed by atoms with van der Waals surface area (Å²) >= 11 is 1.72. The van der Waals surface area contributed by atoms with Crippen molar-refractivity contribution < 1.29 is 5.11 Å². The number of rotatable bonds is 3. The minimum Gasteiger partial charge on any atom is -0.392 e. The third kappa shape index (κ3) is 2.86. The van der Waals surface area contributed by atoms with E-state index in [-0.39, 0.29) is 6.61 Å². The van der Waals surface area contributed by atoms with Gasteiger partial charge < -0.3 is 10.0 Å². The summed E-state index contributed by atoms with van der Waals surface area (Å²) < 4.78 is 0. The fourth-order valence-corrected chi connectivity index (χ4v) is 1.90. The Bertz CT molecular complexity index is 302. The van der Waals surface area contributed by atoms with Crippen LogP contribution in [0, 0.1) is 0 Å². The summed E-state index contributed by atoms with van der Waals surface area (Å²) in [7, 11) is 4.05. The van der Waals surface area contributed by atoms with Gasteiger partial charge in [-0.15, -0.1) is 11.3 Å². The van der Waals surface area contributed by atoms with Gasteiger partial charge in [-0.05, 0) is 30.7 Å². The Morgan fingerprint density at radius 1 is 1.54 bits per heavy atom. The van der Waals surface area contributed by atoms with Crippen LogP contribution in [0.3, 0.4) is 0 Å². The van der Waals surface area contributed by atoms with Gasteiger partial charge in [0.05, 0.1) is 11.6 Å². The molecule has 0 aromatic carbocycles. The molecule has 1 heterocycles. The molecule has 0 bridgehead atoms. The molecule has 0 fully saturated rings. The highest BCUT2D eigenvalue weighted by molar-refractivity contribution is 7.16. The van der Waals surface area contributed by atoms with Gasteiger partial charge >= 0.3 is 0 Å². The van der Waals surface area contributed by atoms with E-state index in [1.807, 2.05) is 27.1 Å². The van der Waals surface area contributed by atoms with Crippen LogP contribution < -0.4 is 4.90 Å². The second kappa shape index (κ2) is 4.44. The molecule has 1 aromatic heterocycles. The van der Waals surface area contributed by atoms with Crippen LogP contribution >= 0.6 is 11.3 Å². The third-order valence-electron chi connectivity index (χ3n) is 1.69. The molecule has 0 aliphatic carbocycles. The molecule has 0 amide bonds. The normalized spacial score (nSPS) is 11.8. The Balaban J connectivity index is 2.80. The van der Waals surface area contributed by atoms with Crippen molar-refractivity contribution in [3.05, 3.63) is 22.6 Å². The zero-order chi connectivity index (χ0) is 9.84. The molecule has 2 nitrogen and oxygen atoms in total. The maximum atomic E-state index is 8.84. The Morgan fingerprint density at radius 2 is 2.23 bits per heavy atom. The first-order valence-electron chi connectivity index (χ1n) is 4.18. The number of aliphatic hydroxyl groups is 1. The van der Waals surface area contributed by atoms with Crippen LogP contribution in [0.4, 0.5) is 5.00 Å². The van der Waals surface area contributed by atoms with Crippen molar-refractivity contribution in [2.75, 3.05) is 25.6 Å². The van der Waals surface area contributed by atoms with Crippen LogP contribution in [0.1, 0.15) is 11.8 Å². The molecular weight excluding hydrogens is 182 g/mol. The summed E-state index contributed by atoms with van der Waals surface area (Å²) in [5, 5.41) is 10.1. The molecule has 0 aliphatic rings. The molecule has 1 rings (SSSR count). The van der Waals surface area contributed by atoms with Crippen LogP contribution in [0.25, 0.3) is 6.08 Å². The molecule has 1 aromatic rings. The predicted molar refractivity (Wildman–Crippen MR) is 59.4 cm³/mol. The van der Waals surface area contributed by atoms with Crippen LogP contribution in [-0.4, -0.2) is 25.8 Å². The van der Waals surface area contributed by atoms with Gasteiger partial charge in [0.25, 0.3) is 0 Å². The number of hydrogen-bond acceptors (Lipinski definition) is 3. The molecule has 13 heavy (non-hydrogen) atoms. The zero-order valence-electron chi connectivity index (χ0n) is 8.24. The molecule has 1 N–H and O–H groups in total. The fraction of sp³-hybridized carbons (Fsp3) is 0.400. The highest BCUT2D eigenvalue weighted by Gasteiger charge is 1.99. The lowest BCUT2D eigenvalue weighted by Crippen LogP contribution is -2.05. The largest absolute Gasteiger partial charge is 0.392 e. The maximum Gasteiger partial charge on any atom is 0.0909 e. The maximum absolute atomic E-state index is 8.84. The van der Waals surface area contributed by atoms with E-state index in [1.165, 1.54) is 9.88 Å². The molecule has 0 saturated heterocycles. The quantitative estimate of drug-likeness (QED) is 0.803. The predicted octanol–water partition coefficient (Wildman–Crippen LogP) is 2.21. The number of anilines is 1. The highest BCUT2D eigenvalue weighted by atomic mass is 32.1. The molecule has 0 atom stereocenters. The molecule has 0 saturated carbocycles. The first kappa shape index (κ1) is 10.3. The number of hydrogen-bond donors (Lipinski definition) is 1. The van der Waals surface area contributed by atoms with Crippen LogP contribution in [-0.2, 0) is 0 Å². The van der Waals surface area contributed by atoms with Crippen molar-refractivity contribution >= 4 is 22.4 Å². The lowest BCUT2D eigenvalue weighted by atomic mass is 10.3. The summed E-state index contributed by atoms with van der Waals surface area (Å²) in [6.45, 7) is 2.06. The monoisotopic (exact) mass is 197 g/mol. The number of thiophene rings is 1. The second-order valence-electron chi connectivity index (χ2n) is 3.22.